The first-order valence-electron chi connectivity index (χ1n) is 25.9. The lowest BCUT2D eigenvalue weighted by Gasteiger charge is -2.05. The highest BCUT2D eigenvalue weighted by atomic mass is 16.5. The molecular weight excluding hydrogens is 1030 g/mol. The van der Waals surface area contributed by atoms with Crippen molar-refractivity contribution < 1.29 is 57.2 Å². The van der Waals surface area contributed by atoms with Crippen molar-refractivity contribution in [3.63, 3.8) is 0 Å². The van der Waals surface area contributed by atoms with E-state index in [1.807, 2.05) is 170 Å². The quantitative estimate of drug-likeness (QED) is 0.113. The lowest BCUT2D eigenvalue weighted by molar-refractivity contribution is -0.115. The third-order valence-corrected chi connectivity index (χ3v) is 11.1. The van der Waals surface area contributed by atoms with Crippen molar-refractivity contribution in [1.82, 2.24) is 0 Å². The Kier molecular flexibility index (Phi) is 31.7. The molecule has 0 unspecified atom stereocenters. The topological polar surface area (TPSA) is 158 Å². The Balaban J connectivity index is 0.000000333. The van der Waals surface area contributed by atoms with Crippen LogP contribution in [0.3, 0.4) is 0 Å². The van der Waals surface area contributed by atoms with Gasteiger partial charge in [-0.2, -0.15) is 0 Å². The van der Waals surface area contributed by atoms with Crippen molar-refractivity contribution in [2.75, 3.05) is 42.7 Å². The minimum atomic E-state index is 0.0533. The van der Waals surface area contributed by atoms with Gasteiger partial charge in [-0.05, 0) is 191 Å². The van der Waals surface area contributed by atoms with Crippen molar-refractivity contribution in [2.45, 2.75) is 55.4 Å². The fourth-order valence-electron chi connectivity index (χ4n) is 6.74. The molecule has 0 amide bonds. The summed E-state index contributed by atoms with van der Waals surface area (Å²) in [5.41, 5.74) is 5.19. The second-order valence-electron chi connectivity index (χ2n) is 18.0. The van der Waals surface area contributed by atoms with E-state index in [9.17, 15) is 28.8 Å². The van der Waals surface area contributed by atoms with Gasteiger partial charge in [-0.15, -0.1) is 0 Å². The minimum absolute atomic E-state index is 0.0533. The molecule has 0 saturated heterocycles. The highest BCUT2D eigenvalue weighted by Gasteiger charge is 2.05. The summed E-state index contributed by atoms with van der Waals surface area (Å²) in [6, 6.07) is 65.0. The molecule has 0 aliphatic carbocycles. The van der Waals surface area contributed by atoms with Gasteiger partial charge < -0.3 is 38.0 Å². The molecule has 0 aliphatic heterocycles. The van der Waals surface area contributed by atoms with Gasteiger partial charge in [0.05, 0.1) is 42.7 Å². The zero-order valence-electron chi connectivity index (χ0n) is 49.5. The second-order valence-corrected chi connectivity index (χ2v) is 18.0. The maximum atomic E-state index is 11.2. The Hall–Kier alpha value is -9.68. The van der Waals surface area contributed by atoms with Crippen molar-refractivity contribution in [1.29, 1.82) is 0 Å². The Labute approximate surface area is 483 Å². The van der Waals surface area contributed by atoms with Gasteiger partial charge in [0.2, 0.25) is 0 Å². The number of carbonyl (C=O) groups is 6. The van der Waals surface area contributed by atoms with Crippen LogP contribution in [0, 0.1) is 0 Å². The standard InChI is InChI=1S/C14H14O2.C14H12O2.C13H12O2.C9H10O2.C8H10O2.C6H6.2C3H6O/c1-15-13-7-3-11(4-8-13)12-5-9-14(16-2)10-6-12;1-9(15)11-3-5-14-8-12(10(2)16)4-6-13(14)7-11;1-9(14)10-3-4-12-8-13(15-2)6-5-11(12)7-10;1-7(10)8-3-5-9(11-2)6-4-8;1-9-7-3-5-8(10-2)6-4-7;1-2-4-6-5-3-1;2*1-3(2)4/h3-10H,1-2H3;3-8H,1-2H3;3-8H,1-2H3;3-6H,1-2H3;3-6H,1-2H3;1-6H;2*1-2H3. The maximum absolute atomic E-state index is 11.2. The van der Waals surface area contributed by atoms with E-state index in [2.05, 4.69) is 0 Å². The zero-order chi connectivity index (χ0) is 61.0. The predicted molar refractivity (Wildman–Crippen MR) is 331 cm³/mol. The first-order valence-corrected chi connectivity index (χ1v) is 25.9. The van der Waals surface area contributed by atoms with Crippen molar-refractivity contribution in [3.05, 3.63) is 229 Å². The average molecular weight is 1110 g/mol. The number of hydrogen-bond donors (Lipinski definition) is 0. The average Bonchev–Trinajstić information content (AvgIpc) is 3.61. The summed E-state index contributed by atoms with van der Waals surface area (Å²) in [7, 11) is 9.86. The van der Waals surface area contributed by atoms with E-state index in [1.54, 1.807) is 107 Å². The number of fused-ring (bicyclic) bond motifs is 2. The van der Waals surface area contributed by atoms with Gasteiger partial charge in [0.1, 0.15) is 46.1 Å². The zero-order valence-corrected chi connectivity index (χ0v) is 49.5. The molecule has 0 aliphatic rings. The lowest BCUT2D eigenvalue weighted by atomic mass is 10.0. The van der Waals surface area contributed by atoms with E-state index < -0.39 is 0 Å². The normalized spacial score (nSPS) is 9.39. The highest BCUT2D eigenvalue weighted by molar-refractivity contribution is 6.02. The summed E-state index contributed by atoms with van der Waals surface area (Å²) in [6.45, 7) is 12.3. The molecule has 12 nitrogen and oxygen atoms in total. The van der Waals surface area contributed by atoms with Crippen LogP contribution in [0.4, 0.5) is 0 Å². The number of benzene rings is 9. The van der Waals surface area contributed by atoms with Gasteiger partial charge in [-0.1, -0.05) is 103 Å². The number of ether oxygens (including phenoxy) is 6. The molecular formula is C70H76O12. The maximum Gasteiger partial charge on any atom is 0.159 e. The van der Waals surface area contributed by atoms with Gasteiger partial charge in [-0.3, -0.25) is 19.2 Å². The number of Topliss-reactive ketones (excluding diaryl/α,β-unsaturated/α-hetero) is 6. The Morgan fingerprint density at radius 2 is 0.415 bits per heavy atom. The van der Waals surface area contributed by atoms with E-state index in [-0.39, 0.29) is 34.7 Å². The van der Waals surface area contributed by atoms with Crippen LogP contribution < -0.4 is 28.4 Å². The van der Waals surface area contributed by atoms with Gasteiger partial charge in [-0.25, -0.2) is 0 Å². The van der Waals surface area contributed by atoms with Gasteiger partial charge in [0, 0.05) is 22.3 Å². The van der Waals surface area contributed by atoms with Gasteiger partial charge >= 0.3 is 0 Å². The van der Waals surface area contributed by atoms with E-state index in [1.165, 1.54) is 38.8 Å². The molecule has 0 spiro atoms. The van der Waals surface area contributed by atoms with Crippen LogP contribution in [0.15, 0.2) is 206 Å². The highest BCUT2D eigenvalue weighted by Crippen LogP contribution is 2.25. The molecule has 12 heteroatoms. The fraction of sp³-hybridized carbons (Fsp3) is 0.200. The Morgan fingerprint density at radius 3 is 0.646 bits per heavy atom. The first kappa shape index (κ1) is 68.4. The third-order valence-electron chi connectivity index (χ3n) is 11.1. The molecule has 428 valence electrons. The molecule has 0 atom stereocenters. The molecule has 82 heavy (non-hydrogen) atoms. The van der Waals surface area contributed by atoms with E-state index in [0.29, 0.717) is 16.7 Å². The van der Waals surface area contributed by atoms with Crippen LogP contribution in [0.25, 0.3) is 32.7 Å². The summed E-state index contributed by atoms with van der Waals surface area (Å²) >= 11 is 0. The van der Waals surface area contributed by atoms with E-state index in [4.69, 9.17) is 28.4 Å². The second kappa shape index (κ2) is 38.0. The van der Waals surface area contributed by atoms with Gasteiger partial charge in [0.25, 0.3) is 0 Å². The summed E-state index contributed by atoms with van der Waals surface area (Å²) < 4.78 is 30.2. The molecule has 0 N–H and O–H groups in total. The SMILES string of the molecule is CC(=O)c1ccc2cc(C(C)=O)ccc2c1.CC(C)=O.CC(C)=O.COc1ccc(-c2ccc(OC)cc2)cc1.COc1ccc(C(C)=O)cc1.COc1ccc(OC)cc1.COc1ccc2cc(C(C)=O)ccc2c1.c1ccccc1. The number of ketones is 6. The lowest BCUT2D eigenvalue weighted by Crippen LogP contribution is -1.93. The predicted octanol–water partition coefficient (Wildman–Crippen LogP) is 16.1. The number of hydrogen-bond acceptors (Lipinski definition) is 12. The largest absolute Gasteiger partial charge is 0.497 e. The van der Waals surface area contributed by atoms with E-state index >= 15 is 0 Å². The molecule has 0 radical (unpaired) electrons. The summed E-state index contributed by atoms with van der Waals surface area (Å²) in [5.74, 6) is 5.65. The molecule has 0 bridgehead atoms. The molecule has 9 aromatic rings. The van der Waals surface area contributed by atoms with Crippen LogP contribution in [-0.4, -0.2) is 77.4 Å². The van der Waals surface area contributed by atoms with Crippen molar-refractivity contribution in [3.8, 4) is 45.6 Å². The third kappa shape index (κ3) is 26.8. The molecule has 9 aromatic carbocycles. The Morgan fingerprint density at radius 1 is 0.232 bits per heavy atom. The molecule has 0 saturated carbocycles. The van der Waals surface area contributed by atoms with Crippen molar-refractivity contribution >= 4 is 56.2 Å². The van der Waals surface area contributed by atoms with Crippen molar-refractivity contribution in [2.24, 2.45) is 0 Å². The van der Waals surface area contributed by atoms with Crippen LogP contribution in [0.5, 0.6) is 34.5 Å². The molecule has 0 heterocycles. The molecule has 9 rings (SSSR count). The summed E-state index contributed by atoms with van der Waals surface area (Å²) in [6.07, 6.45) is 0. The van der Waals surface area contributed by atoms with Gasteiger partial charge in [0.15, 0.2) is 23.1 Å². The van der Waals surface area contributed by atoms with Crippen LogP contribution >= 0.6 is 0 Å². The van der Waals surface area contributed by atoms with E-state index in [0.717, 1.165) is 61.6 Å². The first-order chi connectivity index (χ1) is 39.2. The molecule has 0 fully saturated rings. The van der Waals surface area contributed by atoms with Crippen LogP contribution in [0.2, 0.25) is 0 Å². The summed E-state index contributed by atoms with van der Waals surface area (Å²) in [5, 5.41) is 4.11. The minimum Gasteiger partial charge on any atom is -0.497 e. The number of methoxy groups -OCH3 is 6. The fourth-order valence-corrected chi connectivity index (χ4v) is 6.74. The smallest absolute Gasteiger partial charge is 0.159 e. The number of rotatable bonds is 11. The Bertz CT molecular complexity index is 3200. The summed E-state index contributed by atoms with van der Waals surface area (Å²) in [4.78, 5) is 63.3. The van der Waals surface area contributed by atoms with Crippen LogP contribution in [0.1, 0.15) is 96.8 Å². The van der Waals surface area contributed by atoms with Crippen LogP contribution in [-0.2, 0) is 9.59 Å². The monoisotopic (exact) mass is 1110 g/mol. The number of carbonyl (C=O) groups excluding carboxylic acids is 6. The molecule has 0 aromatic heterocycles.